The van der Waals surface area contributed by atoms with Crippen LogP contribution in [0.3, 0.4) is 0 Å². The van der Waals surface area contributed by atoms with Crippen LogP contribution in [0.5, 0.6) is 5.75 Å². The highest BCUT2D eigenvalue weighted by Crippen LogP contribution is 2.31. The standard InChI is InChI=1S/C11H16N2O/c1-8(2)9-6-11-10(7-12-9)13(3)4-5-14-11/h6-8H,4-5H2,1-3H3. The van der Waals surface area contributed by atoms with Crippen LogP contribution in [0, 0.1) is 0 Å². The van der Waals surface area contributed by atoms with Crippen molar-refractivity contribution in [2.24, 2.45) is 0 Å². The molecular weight excluding hydrogens is 176 g/mol. The number of ether oxygens (including phenoxy) is 1. The Morgan fingerprint density at radius 1 is 1.50 bits per heavy atom. The Morgan fingerprint density at radius 2 is 2.29 bits per heavy atom. The molecule has 1 aromatic rings. The fourth-order valence-corrected chi connectivity index (χ4v) is 1.58. The monoisotopic (exact) mass is 192 g/mol. The van der Waals surface area contributed by atoms with Crippen LogP contribution in [0.1, 0.15) is 25.5 Å². The summed E-state index contributed by atoms with van der Waals surface area (Å²) in [6.07, 6.45) is 1.91. The molecule has 0 saturated heterocycles. The number of hydrogen-bond acceptors (Lipinski definition) is 3. The zero-order valence-corrected chi connectivity index (χ0v) is 8.95. The molecule has 0 unspecified atom stereocenters. The number of pyridine rings is 1. The van der Waals surface area contributed by atoms with Gasteiger partial charge in [-0.15, -0.1) is 0 Å². The van der Waals surface area contributed by atoms with Gasteiger partial charge in [0.15, 0.2) is 0 Å². The van der Waals surface area contributed by atoms with Gasteiger partial charge in [0.2, 0.25) is 0 Å². The van der Waals surface area contributed by atoms with Crippen LogP contribution in [0.15, 0.2) is 12.3 Å². The lowest BCUT2D eigenvalue weighted by Crippen LogP contribution is -2.29. The second-order valence-corrected chi connectivity index (χ2v) is 4.00. The second-order valence-electron chi connectivity index (χ2n) is 4.00. The lowest BCUT2D eigenvalue weighted by atomic mass is 10.1. The molecule has 1 aromatic heterocycles. The molecule has 0 N–H and O–H groups in total. The molecule has 76 valence electrons. The molecule has 0 aromatic carbocycles. The minimum absolute atomic E-state index is 0.455. The third-order valence-corrected chi connectivity index (χ3v) is 2.55. The average molecular weight is 192 g/mol. The average Bonchev–Trinajstić information content (AvgIpc) is 2.17. The summed E-state index contributed by atoms with van der Waals surface area (Å²) < 4.78 is 5.60. The zero-order valence-electron chi connectivity index (χ0n) is 8.95. The van der Waals surface area contributed by atoms with Crippen LogP contribution >= 0.6 is 0 Å². The molecule has 1 aliphatic heterocycles. The van der Waals surface area contributed by atoms with Gasteiger partial charge in [0, 0.05) is 18.8 Å². The summed E-state index contributed by atoms with van der Waals surface area (Å²) in [7, 11) is 2.07. The molecule has 0 radical (unpaired) electrons. The Balaban J connectivity index is 2.39. The molecule has 0 fully saturated rings. The third-order valence-electron chi connectivity index (χ3n) is 2.55. The van der Waals surface area contributed by atoms with Crippen LogP contribution < -0.4 is 9.64 Å². The van der Waals surface area contributed by atoms with Crippen molar-refractivity contribution in [2.45, 2.75) is 19.8 Å². The fraction of sp³-hybridized carbons (Fsp3) is 0.545. The highest BCUT2D eigenvalue weighted by Gasteiger charge is 2.16. The lowest BCUT2D eigenvalue weighted by molar-refractivity contribution is 0.310. The number of hydrogen-bond donors (Lipinski definition) is 0. The molecular formula is C11H16N2O. The first kappa shape index (κ1) is 9.31. The number of nitrogens with zero attached hydrogens (tertiary/aromatic N) is 2. The van der Waals surface area contributed by atoms with Crippen LogP contribution in [0.2, 0.25) is 0 Å². The summed E-state index contributed by atoms with van der Waals surface area (Å²) in [5.74, 6) is 1.42. The van der Waals surface area contributed by atoms with Gasteiger partial charge in [-0.3, -0.25) is 4.98 Å². The molecule has 0 saturated carbocycles. The summed E-state index contributed by atoms with van der Waals surface area (Å²) in [5, 5.41) is 0. The van der Waals surface area contributed by atoms with Crippen LogP contribution in [0.25, 0.3) is 0 Å². The number of rotatable bonds is 1. The summed E-state index contributed by atoms with van der Waals surface area (Å²) >= 11 is 0. The zero-order chi connectivity index (χ0) is 10.1. The largest absolute Gasteiger partial charge is 0.489 e. The van der Waals surface area contributed by atoms with E-state index in [1.807, 2.05) is 6.20 Å². The maximum atomic E-state index is 5.60. The van der Waals surface area contributed by atoms with E-state index in [-0.39, 0.29) is 0 Å². The van der Waals surface area contributed by atoms with E-state index in [0.29, 0.717) is 5.92 Å². The number of fused-ring (bicyclic) bond motifs is 1. The van der Waals surface area contributed by atoms with E-state index in [1.54, 1.807) is 0 Å². The summed E-state index contributed by atoms with van der Waals surface area (Å²) in [5.41, 5.74) is 2.19. The maximum absolute atomic E-state index is 5.60. The predicted molar refractivity (Wildman–Crippen MR) is 57.1 cm³/mol. The fourth-order valence-electron chi connectivity index (χ4n) is 1.58. The molecule has 1 aliphatic rings. The second kappa shape index (κ2) is 3.48. The van der Waals surface area contributed by atoms with Crippen molar-refractivity contribution in [3.63, 3.8) is 0 Å². The molecule has 3 nitrogen and oxygen atoms in total. The van der Waals surface area contributed by atoms with Crippen molar-refractivity contribution in [3.05, 3.63) is 18.0 Å². The van der Waals surface area contributed by atoms with Gasteiger partial charge in [0.05, 0.1) is 18.4 Å². The van der Waals surface area contributed by atoms with Crippen LogP contribution in [-0.2, 0) is 0 Å². The Morgan fingerprint density at radius 3 is 3.00 bits per heavy atom. The Bertz CT molecular complexity index is 336. The quantitative estimate of drug-likeness (QED) is 0.680. The first-order chi connectivity index (χ1) is 6.68. The van der Waals surface area contributed by atoms with Crippen molar-refractivity contribution < 1.29 is 4.74 Å². The highest BCUT2D eigenvalue weighted by atomic mass is 16.5. The van der Waals surface area contributed by atoms with Crippen molar-refractivity contribution in [1.82, 2.24) is 4.98 Å². The van der Waals surface area contributed by atoms with E-state index >= 15 is 0 Å². The molecule has 0 atom stereocenters. The summed E-state index contributed by atoms with van der Waals surface area (Å²) in [6.45, 7) is 5.99. The molecule has 2 heterocycles. The van der Waals surface area contributed by atoms with Crippen molar-refractivity contribution >= 4 is 5.69 Å². The Hall–Kier alpha value is -1.25. The van der Waals surface area contributed by atoms with Gasteiger partial charge in [-0.05, 0) is 5.92 Å². The van der Waals surface area contributed by atoms with Gasteiger partial charge >= 0.3 is 0 Å². The smallest absolute Gasteiger partial charge is 0.146 e. The number of anilines is 1. The van der Waals surface area contributed by atoms with Crippen LogP contribution in [-0.4, -0.2) is 25.2 Å². The molecule has 14 heavy (non-hydrogen) atoms. The van der Waals surface area contributed by atoms with Gasteiger partial charge in [-0.25, -0.2) is 0 Å². The minimum atomic E-state index is 0.455. The predicted octanol–water partition coefficient (Wildman–Crippen LogP) is 2.03. The van der Waals surface area contributed by atoms with Crippen molar-refractivity contribution in [2.75, 3.05) is 25.1 Å². The van der Waals surface area contributed by atoms with Gasteiger partial charge in [-0.1, -0.05) is 13.8 Å². The van der Waals surface area contributed by atoms with E-state index < -0.39 is 0 Å². The van der Waals surface area contributed by atoms with E-state index in [0.717, 1.165) is 30.3 Å². The van der Waals surface area contributed by atoms with E-state index in [9.17, 15) is 0 Å². The first-order valence-corrected chi connectivity index (χ1v) is 5.02. The minimum Gasteiger partial charge on any atom is -0.489 e. The molecule has 0 spiro atoms. The number of likely N-dealkylation sites (N-methyl/N-ethyl adjacent to an activating group) is 1. The molecule has 0 amide bonds. The van der Waals surface area contributed by atoms with Gasteiger partial charge in [0.1, 0.15) is 12.4 Å². The maximum Gasteiger partial charge on any atom is 0.146 e. The summed E-state index contributed by atoms with van der Waals surface area (Å²) in [4.78, 5) is 6.60. The van der Waals surface area contributed by atoms with E-state index in [1.165, 1.54) is 0 Å². The van der Waals surface area contributed by atoms with E-state index in [4.69, 9.17) is 4.74 Å². The van der Waals surface area contributed by atoms with Crippen LogP contribution in [0.4, 0.5) is 5.69 Å². The Kier molecular flexibility index (Phi) is 2.32. The highest BCUT2D eigenvalue weighted by molar-refractivity contribution is 5.58. The molecule has 0 aliphatic carbocycles. The van der Waals surface area contributed by atoms with E-state index in [2.05, 4.69) is 36.8 Å². The van der Waals surface area contributed by atoms with Crippen molar-refractivity contribution in [1.29, 1.82) is 0 Å². The normalized spacial score (nSPS) is 15.3. The number of aromatic nitrogens is 1. The summed E-state index contributed by atoms with van der Waals surface area (Å²) in [6, 6.07) is 2.05. The van der Waals surface area contributed by atoms with Gasteiger partial charge in [-0.2, -0.15) is 0 Å². The topological polar surface area (TPSA) is 25.4 Å². The lowest BCUT2D eigenvalue weighted by Gasteiger charge is -2.27. The molecule has 2 rings (SSSR count). The third kappa shape index (κ3) is 1.54. The first-order valence-electron chi connectivity index (χ1n) is 5.02. The molecule has 0 bridgehead atoms. The molecule has 3 heteroatoms. The van der Waals surface area contributed by atoms with Crippen molar-refractivity contribution in [3.8, 4) is 5.75 Å². The Labute approximate surface area is 84.7 Å². The van der Waals surface area contributed by atoms with Gasteiger partial charge < -0.3 is 9.64 Å². The SMILES string of the molecule is CC(C)c1cc2c(cn1)N(C)CCO2. The van der Waals surface area contributed by atoms with Gasteiger partial charge in [0.25, 0.3) is 0 Å².